The molecule has 2 aromatic rings. The van der Waals surface area contributed by atoms with Crippen molar-refractivity contribution in [3.05, 3.63) is 6.20 Å². The quantitative estimate of drug-likeness (QED) is 0.879. The molecule has 3 rings (SSSR count). The molecule has 3 heterocycles. The van der Waals surface area contributed by atoms with Gasteiger partial charge in [0.1, 0.15) is 5.82 Å². The van der Waals surface area contributed by atoms with Gasteiger partial charge in [-0.05, 0) is 25.2 Å². The van der Waals surface area contributed by atoms with E-state index < -0.39 is 0 Å². The van der Waals surface area contributed by atoms with Gasteiger partial charge in [0.15, 0.2) is 5.65 Å². The molecule has 0 bridgehead atoms. The standard InChI is InChI=1S/C14H22N6/c1-8-5-9(2)10(3)20(7-8)13-11-6-16-19-12(11)17-14(15-4)18-13/h6,8-10H,5,7H2,1-4H3,(H2,15,16,17,18,19). The number of nitrogens with zero attached hydrogens (tertiary/aromatic N) is 4. The fraction of sp³-hybridized carbons (Fsp3) is 0.643. The number of hydrogen-bond acceptors (Lipinski definition) is 5. The number of nitrogens with one attached hydrogen (secondary N) is 2. The Morgan fingerprint density at radius 3 is 2.85 bits per heavy atom. The maximum atomic E-state index is 4.68. The zero-order valence-corrected chi connectivity index (χ0v) is 12.5. The molecule has 1 aliphatic rings. The molecule has 0 saturated carbocycles. The van der Waals surface area contributed by atoms with Gasteiger partial charge in [0.25, 0.3) is 0 Å². The first-order chi connectivity index (χ1) is 9.60. The van der Waals surface area contributed by atoms with E-state index in [4.69, 9.17) is 0 Å². The van der Waals surface area contributed by atoms with Gasteiger partial charge in [-0.15, -0.1) is 0 Å². The molecule has 0 spiro atoms. The normalized spacial score (nSPS) is 27.0. The predicted octanol–water partition coefficient (Wildman–Crippen LogP) is 2.27. The van der Waals surface area contributed by atoms with Gasteiger partial charge in [0, 0.05) is 19.6 Å². The Bertz CT molecular complexity index is 607. The summed E-state index contributed by atoms with van der Waals surface area (Å²) in [7, 11) is 1.84. The lowest BCUT2D eigenvalue weighted by molar-refractivity contribution is 0.296. The van der Waals surface area contributed by atoms with Crippen molar-refractivity contribution in [1.82, 2.24) is 20.2 Å². The summed E-state index contributed by atoms with van der Waals surface area (Å²) in [6.45, 7) is 7.94. The van der Waals surface area contributed by atoms with Crippen LogP contribution >= 0.6 is 0 Å². The van der Waals surface area contributed by atoms with Crippen LogP contribution in [0, 0.1) is 11.8 Å². The number of hydrogen-bond donors (Lipinski definition) is 2. The van der Waals surface area contributed by atoms with Crippen molar-refractivity contribution >= 4 is 22.8 Å². The topological polar surface area (TPSA) is 69.7 Å². The Morgan fingerprint density at radius 2 is 2.10 bits per heavy atom. The van der Waals surface area contributed by atoms with E-state index in [2.05, 4.69) is 51.2 Å². The van der Waals surface area contributed by atoms with Crippen LogP contribution in [0.3, 0.4) is 0 Å². The molecule has 1 saturated heterocycles. The van der Waals surface area contributed by atoms with Crippen LogP contribution in [0.2, 0.25) is 0 Å². The summed E-state index contributed by atoms with van der Waals surface area (Å²) in [4.78, 5) is 11.5. The molecule has 6 heteroatoms. The van der Waals surface area contributed by atoms with Crippen molar-refractivity contribution in [2.45, 2.75) is 33.2 Å². The van der Waals surface area contributed by atoms with Gasteiger partial charge in [-0.2, -0.15) is 15.1 Å². The number of H-pyrrole nitrogens is 1. The van der Waals surface area contributed by atoms with E-state index in [0.717, 1.165) is 23.4 Å². The van der Waals surface area contributed by atoms with Gasteiger partial charge >= 0.3 is 0 Å². The molecular formula is C14H22N6. The summed E-state index contributed by atoms with van der Waals surface area (Å²) in [6, 6.07) is 0.476. The minimum absolute atomic E-state index is 0.476. The van der Waals surface area contributed by atoms with Crippen molar-refractivity contribution in [3.8, 4) is 0 Å². The van der Waals surface area contributed by atoms with Crippen LogP contribution < -0.4 is 10.2 Å². The second kappa shape index (κ2) is 4.92. The second-order valence-corrected chi connectivity index (χ2v) is 5.96. The van der Waals surface area contributed by atoms with Crippen LogP contribution in [0.25, 0.3) is 11.0 Å². The van der Waals surface area contributed by atoms with Gasteiger partial charge in [0.2, 0.25) is 5.95 Å². The first kappa shape index (κ1) is 13.1. The number of aromatic nitrogens is 4. The van der Waals surface area contributed by atoms with Crippen molar-refractivity contribution in [1.29, 1.82) is 0 Å². The Morgan fingerprint density at radius 1 is 1.30 bits per heavy atom. The lowest BCUT2D eigenvalue weighted by Gasteiger charge is -2.42. The number of fused-ring (bicyclic) bond motifs is 1. The molecule has 1 aliphatic heterocycles. The van der Waals surface area contributed by atoms with E-state index in [1.165, 1.54) is 6.42 Å². The SMILES string of the molecule is CNc1nc(N2CC(C)CC(C)C2C)c2cn[nH]c2n1. The van der Waals surface area contributed by atoms with E-state index in [0.29, 0.717) is 23.8 Å². The lowest BCUT2D eigenvalue weighted by atomic mass is 9.86. The highest BCUT2D eigenvalue weighted by molar-refractivity contribution is 5.87. The Kier molecular flexibility index (Phi) is 3.23. The van der Waals surface area contributed by atoms with Crippen LogP contribution in [0.4, 0.5) is 11.8 Å². The summed E-state index contributed by atoms with van der Waals surface area (Å²) in [6.07, 6.45) is 3.09. The highest BCUT2D eigenvalue weighted by Crippen LogP contribution is 2.33. The fourth-order valence-electron chi connectivity index (χ4n) is 3.15. The van der Waals surface area contributed by atoms with Crippen molar-refractivity contribution in [2.24, 2.45) is 11.8 Å². The minimum Gasteiger partial charge on any atom is -0.357 e. The van der Waals surface area contributed by atoms with Crippen molar-refractivity contribution in [2.75, 3.05) is 23.8 Å². The molecule has 2 aromatic heterocycles. The molecule has 0 aliphatic carbocycles. The molecule has 2 N–H and O–H groups in total. The molecule has 0 aromatic carbocycles. The summed E-state index contributed by atoms with van der Waals surface area (Å²) in [5.41, 5.74) is 0.789. The number of aromatic amines is 1. The van der Waals surface area contributed by atoms with Gasteiger partial charge in [-0.25, -0.2) is 0 Å². The van der Waals surface area contributed by atoms with Crippen LogP contribution in [-0.4, -0.2) is 39.8 Å². The van der Waals surface area contributed by atoms with E-state index >= 15 is 0 Å². The zero-order valence-electron chi connectivity index (χ0n) is 12.5. The first-order valence-corrected chi connectivity index (χ1v) is 7.25. The zero-order chi connectivity index (χ0) is 14.3. The summed E-state index contributed by atoms with van der Waals surface area (Å²) in [5, 5.41) is 11.1. The highest BCUT2D eigenvalue weighted by Gasteiger charge is 2.31. The summed E-state index contributed by atoms with van der Waals surface area (Å²) >= 11 is 0. The van der Waals surface area contributed by atoms with Crippen molar-refractivity contribution in [3.63, 3.8) is 0 Å². The first-order valence-electron chi connectivity index (χ1n) is 7.25. The van der Waals surface area contributed by atoms with Crippen LogP contribution in [0.5, 0.6) is 0 Å². The van der Waals surface area contributed by atoms with Gasteiger partial charge in [-0.3, -0.25) is 5.10 Å². The van der Waals surface area contributed by atoms with E-state index in [9.17, 15) is 0 Å². The number of rotatable bonds is 2. The number of anilines is 2. The maximum absolute atomic E-state index is 4.68. The largest absolute Gasteiger partial charge is 0.357 e. The van der Waals surface area contributed by atoms with Crippen molar-refractivity contribution < 1.29 is 0 Å². The highest BCUT2D eigenvalue weighted by atomic mass is 15.3. The average Bonchev–Trinajstić information content (AvgIpc) is 2.90. The molecule has 20 heavy (non-hydrogen) atoms. The van der Waals surface area contributed by atoms with Gasteiger partial charge in [0.05, 0.1) is 11.6 Å². The third-order valence-corrected chi connectivity index (χ3v) is 4.38. The maximum Gasteiger partial charge on any atom is 0.226 e. The van der Waals surface area contributed by atoms with E-state index in [-0.39, 0.29) is 0 Å². The third-order valence-electron chi connectivity index (χ3n) is 4.38. The summed E-state index contributed by atoms with van der Waals surface area (Å²) < 4.78 is 0. The lowest BCUT2D eigenvalue weighted by Crippen LogP contribution is -2.46. The van der Waals surface area contributed by atoms with E-state index in [1.54, 1.807) is 0 Å². The van der Waals surface area contributed by atoms with Crippen LogP contribution in [0.15, 0.2) is 6.20 Å². The molecule has 108 valence electrons. The predicted molar refractivity (Wildman–Crippen MR) is 81.0 cm³/mol. The fourth-order valence-corrected chi connectivity index (χ4v) is 3.15. The Hall–Kier alpha value is -1.85. The molecule has 0 radical (unpaired) electrons. The smallest absolute Gasteiger partial charge is 0.226 e. The second-order valence-electron chi connectivity index (χ2n) is 5.96. The average molecular weight is 274 g/mol. The third kappa shape index (κ3) is 2.09. The minimum atomic E-state index is 0.476. The Balaban J connectivity index is 2.09. The Labute approximate surface area is 119 Å². The van der Waals surface area contributed by atoms with Crippen LogP contribution in [-0.2, 0) is 0 Å². The molecule has 1 fully saturated rings. The molecular weight excluding hydrogens is 252 g/mol. The summed E-state index contributed by atoms with van der Waals surface area (Å²) in [5.74, 6) is 2.96. The molecule has 6 nitrogen and oxygen atoms in total. The molecule has 3 atom stereocenters. The van der Waals surface area contributed by atoms with Crippen LogP contribution in [0.1, 0.15) is 27.2 Å². The van der Waals surface area contributed by atoms with Gasteiger partial charge in [-0.1, -0.05) is 13.8 Å². The van der Waals surface area contributed by atoms with E-state index in [1.807, 2.05) is 13.2 Å². The van der Waals surface area contributed by atoms with Gasteiger partial charge < -0.3 is 10.2 Å². The monoisotopic (exact) mass is 274 g/mol. The molecule has 0 amide bonds. The number of piperidine rings is 1. The molecule has 3 unspecified atom stereocenters.